The normalized spacial score (nSPS) is 12.0. The number of hydrogen-bond acceptors (Lipinski definition) is 9. The number of nitrogens with zero attached hydrogens (tertiary/aromatic N) is 4. The number of primary sulfonamides is 2. The summed E-state index contributed by atoms with van der Waals surface area (Å²) in [5, 5.41) is 22.2. The molecule has 2 aromatic heterocycles. The maximum Gasteiger partial charge on any atom is 0.419 e. The van der Waals surface area contributed by atoms with Gasteiger partial charge in [-0.25, -0.2) is 45.3 Å². The summed E-state index contributed by atoms with van der Waals surface area (Å²) < 4.78 is 159. The van der Waals surface area contributed by atoms with E-state index in [-0.39, 0.29) is 39.8 Å². The van der Waals surface area contributed by atoms with Crippen LogP contribution in [0.4, 0.5) is 46.5 Å². The fourth-order valence-electron chi connectivity index (χ4n) is 5.59. The van der Waals surface area contributed by atoms with Crippen molar-refractivity contribution in [1.82, 2.24) is 19.6 Å². The van der Waals surface area contributed by atoms with Crippen LogP contribution in [0, 0.1) is 11.6 Å². The summed E-state index contributed by atoms with van der Waals surface area (Å²) in [5.41, 5.74) is -2.61. The van der Waals surface area contributed by atoms with Crippen LogP contribution in [-0.4, -0.2) is 55.3 Å². The van der Waals surface area contributed by atoms with Crippen LogP contribution in [0.5, 0.6) is 5.75 Å². The van der Waals surface area contributed by atoms with Crippen LogP contribution in [-0.2, 0) is 54.8 Å². The van der Waals surface area contributed by atoms with Crippen LogP contribution in [0.15, 0.2) is 101 Å². The molecular weight excluding hydrogens is 955 g/mol. The number of benzene rings is 4. The van der Waals surface area contributed by atoms with Gasteiger partial charge < -0.3 is 15.4 Å². The van der Waals surface area contributed by atoms with Crippen LogP contribution >= 0.6 is 23.2 Å². The van der Waals surface area contributed by atoms with E-state index < -0.39 is 83.2 Å². The Hall–Kier alpha value is -6.12. The Kier molecular flexibility index (Phi) is 14.5. The minimum absolute atomic E-state index is 0.0528. The molecule has 0 aliphatic rings. The molecule has 2 amide bonds. The monoisotopic (exact) mass is 982 g/mol. The zero-order valence-corrected chi connectivity index (χ0v) is 35.1. The number of carbonyl (C=O) groups is 2. The van der Waals surface area contributed by atoms with Gasteiger partial charge in [0.1, 0.15) is 27.2 Å². The lowest BCUT2D eigenvalue weighted by molar-refractivity contribution is -0.138. The number of rotatable bonds is 11. The van der Waals surface area contributed by atoms with Gasteiger partial charge in [0, 0.05) is 46.0 Å². The Morgan fingerprint density at radius 3 is 1.53 bits per heavy atom. The Labute approximate surface area is 366 Å². The van der Waals surface area contributed by atoms with Crippen LogP contribution in [0.1, 0.15) is 22.3 Å². The molecule has 6 aromatic rings. The number of anilines is 2. The van der Waals surface area contributed by atoms with Crippen molar-refractivity contribution in [3.8, 4) is 17.1 Å². The van der Waals surface area contributed by atoms with Crippen molar-refractivity contribution in [3.63, 3.8) is 0 Å². The van der Waals surface area contributed by atoms with Crippen molar-refractivity contribution in [3.05, 3.63) is 135 Å². The Morgan fingerprint density at radius 1 is 0.688 bits per heavy atom. The predicted octanol–water partition coefficient (Wildman–Crippen LogP) is 7.03. The zero-order chi connectivity index (χ0) is 47.5. The first kappa shape index (κ1) is 48.9. The molecule has 0 bridgehead atoms. The SMILES string of the molecule is COc1cccc(Cl)c1CC(=O)Nc1ccc(-n2cc(C(F)(F)F)cn2)c(S(N)(=O)=O)c1.NS(=O)(=O)c1cc(NC(=O)Cc2c(F)cc(F)cc2Cl)ccc1-n1cc(C(F)(F)F)cn1. The van der Waals surface area contributed by atoms with Crippen molar-refractivity contribution in [2.75, 3.05) is 17.7 Å². The highest BCUT2D eigenvalue weighted by Gasteiger charge is 2.34. The quantitative estimate of drug-likeness (QED) is 0.0977. The number of amides is 2. The number of ether oxygens (including phenoxy) is 1. The molecule has 64 heavy (non-hydrogen) atoms. The fraction of sp³-hybridized carbons (Fsp3) is 0.135. The molecule has 0 saturated heterocycles. The number of sulfonamides is 2. The maximum atomic E-state index is 13.9. The maximum absolute atomic E-state index is 13.9. The third-order valence-corrected chi connectivity index (χ3v) is 11.1. The average molecular weight is 984 g/mol. The van der Waals surface area contributed by atoms with Crippen molar-refractivity contribution >= 4 is 66.4 Å². The van der Waals surface area contributed by atoms with Crippen molar-refractivity contribution in [1.29, 1.82) is 0 Å². The largest absolute Gasteiger partial charge is 0.496 e. The second-order valence-corrected chi connectivity index (χ2v) is 16.9. The summed E-state index contributed by atoms with van der Waals surface area (Å²) in [5.74, 6) is -2.96. The molecule has 0 spiro atoms. The van der Waals surface area contributed by atoms with E-state index in [1.54, 1.807) is 18.2 Å². The molecule has 0 radical (unpaired) electrons. The minimum Gasteiger partial charge on any atom is -0.496 e. The second kappa shape index (κ2) is 18.9. The van der Waals surface area contributed by atoms with Crippen molar-refractivity contribution in [2.24, 2.45) is 10.3 Å². The number of aromatic nitrogens is 4. The van der Waals surface area contributed by atoms with Crippen LogP contribution < -0.4 is 25.6 Å². The van der Waals surface area contributed by atoms with E-state index in [1.165, 1.54) is 25.3 Å². The van der Waals surface area contributed by atoms with E-state index >= 15 is 0 Å². The van der Waals surface area contributed by atoms with E-state index in [2.05, 4.69) is 20.8 Å². The summed E-state index contributed by atoms with van der Waals surface area (Å²) in [4.78, 5) is 23.6. The zero-order valence-electron chi connectivity index (χ0n) is 32.0. The molecule has 4 aromatic carbocycles. The summed E-state index contributed by atoms with van der Waals surface area (Å²) >= 11 is 11.9. The van der Waals surface area contributed by atoms with Crippen molar-refractivity contribution in [2.45, 2.75) is 35.0 Å². The third-order valence-electron chi connectivity index (χ3n) is 8.49. The van der Waals surface area contributed by atoms with Gasteiger partial charge >= 0.3 is 12.4 Å². The highest BCUT2D eigenvalue weighted by atomic mass is 35.5. The number of nitrogens with two attached hydrogens (primary N) is 2. The van der Waals surface area contributed by atoms with Gasteiger partial charge in [-0.2, -0.15) is 36.5 Å². The molecule has 0 fully saturated rings. The van der Waals surface area contributed by atoms with Gasteiger partial charge in [-0.15, -0.1) is 0 Å². The summed E-state index contributed by atoms with van der Waals surface area (Å²) in [6.07, 6.45) is -7.88. The fourth-order valence-corrected chi connectivity index (χ4v) is 7.58. The molecule has 6 rings (SSSR count). The predicted molar refractivity (Wildman–Crippen MR) is 214 cm³/mol. The molecule has 15 nitrogen and oxygen atoms in total. The minimum atomic E-state index is -4.70. The smallest absolute Gasteiger partial charge is 0.419 e. The van der Waals surface area contributed by atoms with Gasteiger partial charge in [-0.1, -0.05) is 29.3 Å². The first-order valence-electron chi connectivity index (χ1n) is 17.3. The molecule has 0 atom stereocenters. The number of halogens is 10. The first-order chi connectivity index (χ1) is 29.6. The number of carbonyl (C=O) groups excluding carboxylic acids is 2. The molecule has 0 aliphatic carbocycles. The molecule has 6 N–H and O–H groups in total. The first-order valence-corrected chi connectivity index (χ1v) is 21.1. The number of nitrogens with one attached hydrogen (secondary N) is 2. The van der Waals surface area contributed by atoms with Gasteiger partial charge in [0.05, 0.1) is 59.9 Å². The lowest BCUT2D eigenvalue weighted by atomic mass is 10.1. The topological polar surface area (TPSA) is 223 Å². The molecule has 340 valence electrons. The van der Waals surface area contributed by atoms with Crippen LogP contribution in [0.25, 0.3) is 11.4 Å². The Morgan fingerprint density at radius 2 is 1.14 bits per heavy atom. The van der Waals surface area contributed by atoms with E-state index in [1.807, 2.05) is 0 Å². The third kappa shape index (κ3) is 12.1. The average Bonchev–Trinajstić information content (AvgIpc) is 3.89. The van der Waals surface area contributed by atoms with Crippen molar-refractivity contribution < 1.29 is 66.3 Å². The molecule has 0 saturated carbocycles. The summed E-state index contributed by atoms with van der Waals surface area (Å²) in [6, 6.07) is 12.9. The van der Waals surface area contributed by atoms with Gasteiger partial charge in [-0.05, 0) is 54.6 Å². The Balaban J connectivity index is 0.000000241. The van der Waals surface area contributed by atoms with Crippen LogP contribution in [0.3, 0.4) is 0 Å². The molecule has 2 heterocycles. The highest BCUT2D eigenvalue weighted by Crippen LogP contribution is 2.33. The van der Waals surface area contributed by atoms with E-state index in [9.17, 15) is 61.5 Å². The van der Waals surface area contributed by atoms with E-state index in [0.29, 0.717) is 51.9 Å². The lowest BCUT2D eigenvalue weighted by Crippen LogP contribution is -2.18. The standard InChI is InChI=1S/C19H16ClF3N4O4S.C18H12ClF5N4O3S/c1-31-16-4-2-3-14(20)13(16)8-18(28)26-12-5-6-15(17(7-12)32(24,29)30)27-10-11(9-25-27)19(21,22)23;19-13-3-10(20)4-14(21)12(13)6-17(29)27-11-1-2-15(16(5-11)32(25,30)31)28-8-9(7-26-28)18(22,23)24/h2-7,9-10H,8H2,1H3,(H,26,28)(H2,24,29,30);1-5,7-8H,6H2,(H,27,29)(H2,25,30,31). The summed E-state index contributed by atoms with van der Waals surface area (Å²) in [6.45, 7) is 0. The second-order valence-electron chi connectivity index (χ2n) is 13.0. The lowest BCUT2D eigenvalue weighted by Gasteiger charge is -2.13. The molecule has 27 heteroatoms. The molecular formula is C37H28Cl2F8N8O7S2. The van der Waals surface area contributed by atoms with Crippen LogP contribution in [0.2, 0.25) is 10.0 Å². The van der Waals surface area contributed by atoms with Gasteiger partial charge in [0.15, 0.2) is 0 Å². The van der Waals surface area contributed by atoms with E-state index in [0.717, 1.165) is 28.9 Å². The van der Waals surface area contributed by atoms with E-state index in [4.69, 9.17) is 38.2 Å². The summed E-state index contributed by atoms with van der Waals surface area (Å²) in [7, 11) is -7.42. The van der Waals surface area contributed by atoms with Gasteiger partial charge in [-0.3, -0.25) is 9.59 Å². The number of methoxy groups -OCH3 is 1. The highest BCUT2D eigenvalue weighted by molar-refractivity contribution is 7.89. The van der Waals surface area contributed by atoms with Gasteiger partial charge in [0.2, 0.25) is 31.9 Å². The molecule has 0 aliphatic heterocycles. The van der Waals surface area contributed by atoms with Gasteiger partial charge in [0.25, 0.3) is 0 Å². The number of alkyl halides is 6. The molecule has 0 unspecified atom stereocenters. The number of hydrogen-bond donors (Lipinski definition) is 4. The Bertz CT molecular complexity index is 2960.